The van der Waals surface area contributed by atoms with Gasteiger partial charge in [0.1, 0.15) is 5.76 Å². The number of nitrogens with zero attached hydrogens (tertiary/aromatic N) is 2. The van der Waals surface area contributed by atoms with Gasteiger partial charge in [-0.2, -0.15) is 4.98 Å². The lowest BCUT2D eigenvalue weighted by Gasteiger charge is -2.01. The highest BCUT2D eigenvalue weighted by molar-refractivity contribution is 5.28. The van der Waals surface area contributed by atoms with Crippen LogP contribution in [0.15, 0.2) is 16.8 Å². The van der Waals surface area contributed by atoms with Gasteiger partial charge in [0.25, 0.3) is 0 Å². The summed E-state index contributed by atoms with van der Waals surface area (Å²) >= 11 is 0. The van der Waals surface area contributed by atoms with E-state index < -0.39 is 0 Å². The molecular weight excluding hydrogens is 168 g/mol. The maximum absolute atomic E-state index is 5.70. The molecule has 0 saturated carbocycles. The van der Waals surface area contributed by atoms with Crippen LogP contribution in [0.1, 0.15) is 17.5 Å². The number of imidazole rings is 1. The maximum Gasteiger partial charge on any atom is 0.306 e. The van der Waals surface area contributed by atoms with Crippen LogP contribution < -0.4 is 11.5 Å². The van der Waals surface area contributed by atoms with E-state index in [1.54, 1.807) is 4.40 Å². The first-order valence-electron chi connectivity index (χ1n) is 4.11. The summed E-state index contributed by atoms with van der Waals surface area (Å²) in [5.74, 6) is 1.24. The second kappa shape index (κ2) is 2.86. The summed E-state index contributed by atoms with van der Waals surface area (Å²) in [6.45, 7) is 2.28. The van der Waals surface area contributed by atoms with Crippen molar-refractivity contribution < 1.29 is 4.42 Å². The lowest BCUT2D eigenvalue weighted by molar-refractivity contribution is 0.491. The number of oxazole rings is 1. The third kappa shape index (κ3) is 1.32. The van der Waals surface area contributed by atoms with E-state index in [2.05, 4.69) is 4.98 Å². The molecule has 0 fully saturated rings. The van der Waals surface area contributed by atoms with Gasteiger partial charge in [0.05, 0.1) is 17.9 Å². The van der Waals surface area contributed by atoms with E-state index in [1.807, 2.05) is 19.3 Å². The molecule has 0 aliphatic rings. The molecule has 2 rings (SSSR count). The number of nitrogens with two attached hydrogens (primary N) is 2. The Balaban J connectivity index is 2.45. The molecule has 2 aromatic rings. The molecule has 0 aromatic carbocycles. The van der Waals surface area contributed by atoms with Gasteiger partial charge in [-0.3, -0.25) is 4.40 Å². The zero-order valence-electron chi connectivity index (χ0n) is 7.40. The first-order chi connectivity index (χ1) is 6.20. The number of fused-ring (bicyclic) bond motifs is 1. The zero-order valence-corrected chi connectivity index (χ0v) is 7.40. The van der Waals surface area contributed by atoms with E-state index in [-0.39, 0.29) is 6.04 Å². The quantitative estimate of drug-likeness (QED) is 0.691. The molecule has 0 aliphatic carbocycles. The van der Waals surface area contributed by atoms with Gasteiger partial charge in [0, 0.05) is 12.7 Å². The normalized spacial score (nSPS) is 13.8. The second-order valence-electron chi connectivity index (χ2n) is 3.05. The fraction of sp³-hybridized carbons (Fsp3) is 0.375. The van der Waals surface area contributed by atoms with E-state index in [4.69, 9.17) is 15.9 Å². The van der Waals surface area contributed by atoms with Gasteiger partial charge in [-0.15, -0.1) is 0 Å². The second-order valence-corrected chi connectivity index (χ2v) is 3.05. The minimum atomic E-state index is -0.248. The topological polar surface area (TPSA) is 82.5 Å². The van der Waals surface area contributed by atoms with Crippen molar-refractivity contribution in [2.75, 3.05) is 6.54 Å². The average molecular weight is 180 g/mol. The van der Waals surface area contributed by atoms with Gasteiger partial charge >= 0.3 is 5.84 Å². The molecule has 2 heterocycles. The molecule has 0 bridgehead atoms. The summed E-state index contributed by atoms with van der Waals surface area (Å²) in [5.41, 5.74) is 12.0. The van der Waals surface area contributed by atoms with E-state index in [0.29, 0.717) is 18.1 Å². The van der Waals surface area contributed by atoms with Crippen molar-refractivity contribution in [1.29, 1.82) is 0 Å². The van der Waals surface area contributed by atoms with Crippen LogP contribution in [0.4, 0.5) is 0 Å². The predicted octanol–water partition coefficient (Wildman–Crippen LogP) is 0.194. The van der Waals surface area contributed by atoms with Gasteiger partial charge in [-0.1, -0.05) is 0 Å². The average Bonchev–Trinajstić information content (AvgIpc) is 2.59. The van der Waals surface area contributed by atoms with Crippen LogP contribution >= 0.6 is 0 Å². The third-order valence-corrected chi connectivity index (χ3v) is 1.91. The van der Waals surface area contributed by atoms with Gasteiger partial charge < -0.3 is 15.9 Å². The minimum absolute atomic E-state index is 0.248. The number of aromatic nitrogens is 2. The van der Waals surface area contributed by atoms with Crippen LogP contribution in [0.3, 0.4) is 0 Å². The van der Waals surface area contributed by atoms with E-state index in [1.165, 1.54) is 0 Å². The van der Waals surface area contributed by atoms with E-state index >= 15 is 0 Å². The summed E-state index contributed by atoms with van der Waals surface area (Å²) in [6.07, 6.45) is 3.69. The standard InChI is InChI=1S/C8H12N4O/c1-5-3-12-4-7(6(10)2-9)13-8(12)11-5/h3-4,6H,2,9-10H2,1H3. The Kier molecular flexibility index (Phi) is 1.82. The van der Waals surface area contributed by atoms with Crippen LogP contribution in [0.25, 0.3) is 5.84 Å². The zero-order chi connectivity index (χ0) is 9.42. The lowest BCUT2D eigenvalue weighted by atomic mass is 10.3. The molecule has 0 spiro atoms. The minimum Gasteiger partial charge on any atom is -0.426 e. The Morgan fingerprint density at radius 3 is 3.00 bits per heavy atom. The molecule has 5 heteroatoms. The first kappa shape index (κ1) is 8.28. The SMILES string of the molecule is Cc1cn2cc(C(N)CN)oc2n1. The molecule has 4 N–H and O–H groups in total. The van der Waals surface area contributed by atoms with E-state index in [9.17, 15) is 0 Å². The summed E-state index contributed by atoms with van der Waals surface area (Å²) in [6, 6.07) is -0.248. The monoisotopic (exact) mass is 180 g/mol. The van der Waals surface area contributed by atoms with Crippen molar-refractivity contribution in [3.8, 4) is 0 Å². The van der Waals surface area contributed by atoms with Crippen LogP contribution in [0.2, 0.25) is 0 Å². The van der Waals surface area contributed by atoms with Crippen molar-refractivity contribution in [2.45, 2.75) is 13.0 Å². The summed E-state index contributed by atoms with van der Waals surface area (Å²) in [7, 11) is 0. The number of rotatable bonds is 2. The van der Waals surface area contributed by atoms with Crippen molar-refractivity contribution in [3.05, 3.63) is 23.8 Å². The Labute approximate surface area is 75.3 Å². The number of hydrogen-bond donors (Lipinski definition) is 2. The molecule has 2 aromatic heterocycles. The molecule has 0 amide bonds. The molecule has 0 aliphatic heterocycles. The highest BCUT2D eigenvalue weighted by atomic mass is 16.4. The number of aryl methyl sites for hydroxylation is 1. The Hall–Kier alpha value is -1.33. The Bertz CT molecular complexity index is 385. The fourth-order valence-corrected chi connectivity index (χ4v) is 1.22. The highest BCUT2D eigenvalue weighted by Crippen LogP contribution is 2.14. The fourth-order valence-electron chi connectivity index (χ4n) is 1.22. The van der Waals surface area contributed by atoms with Gasteiger partial charge in [0.2, 0.25) is 0 Å². The molecule has 0 saturated heterocycles. The molecule has 0 radical (unpaired) electrons. The molecule has 70 valence electrons. The summed E-state index contributed by atoms with van der Waals surface area (Å²) in [4.78, 5) is 4.15. The predicted molar refractivity (Wildman–Crippen MR) is 48.2 cm³/mol. The molecular formula is C8H12N4O. The summed E-state index contributed by atoms with van der Waals surface area (Å²) in [5, 5.41) is 0. The number of hydrogen-bond acceptors (Lipinski definition) is 4. The largest absolute Gasteiger partial charge is 0.426 e. The molecule has 5 nitrogen and oxygen atoms in total. The lowest BCUT2D eigenvalue weighted by Crippen LogP contribution is -2.20. The van der Waals surface area contributed by atoms with Gasteiger partial charge in [0.15, 0.2) is 0 Å². The highest BCUT2D eigenvalue weighted by Gasteiger charge is 2.11. The van der Waals surface area contributed by atoms with Crippen molar-refractivity contribution in [3.63, 3.8) is 0 Å². The summed E-state index contributed by atoms with van der Waals surface area (Å²) < 4.78 is 7.19. The van der Waals surface area contributed by atoms with Crippen LogP contribution in [-0.4, -0.2) is 15.9 Å². The van der Waals surface area contributed by atoms with Crippen LogP contribution in [0.5, 0.6) is 0 Å². The Morgan fingerprint density at radius 1 is 1.62 bits per heavy atom. The van der Waals surface area contributed by atoms with Gasteiger partial charge in [-0.25, -0.2) is 0 Å². The molecule has 13 heavy (non-hydrogen) atoms. The Morgan fingerprint density at radius 2 is 2.38 bits per heavy atom. The smallest absolute Gasteiger partial charge is 0.306 e. The first-order valence-corrected chi connectivity index (χ1v) is 4.11. The van der Waals surface area contributed by atoms with Crippen molar-refractivity contribution >= 4 is 5.84 Å². The van der Waals surface area contributed by atoms with Crippen molar-refractivity contribution in [2.24, 2.45) is 11.5 Å². The van der Waals surface area contributed by atoms with E-state index in [0.717, 1.165) is 5.69 Å². The van der Waals surface area contributed by atoms with Crippen molar-refractivity contribution in [1.82, 2.24) is 9.38 Å². The van der Waals surface area contributed by atoms with Gasteiger partial charge in [-0.05, 0) is 6.92 Å². The van der Waals surface area contributed by atoms with Crippen LogP contribution in [0, 0.1) is 6.92 Å². The molecule has 1 unspecified atom stereocenters. The third-order valence-electron chi connectivity index (χ3n) is 1.91. The molecule has 1 atom stereocenters. The van der Waals surface area contributed by atoms with Crippen LogP contribution in [-0.2, 0) is 0 Å². The maximum atomic E-state index is 5.70.